The van der Waals surface area contributed by atoms with Crippen molar-refractivity contribution >= 4 is 21.6 Å². The summed E-state index contributed by atoms with van der Waals surface area (Å²) in [6.07, 6.45) is 1.82. The number of hydrogen-bond donors (Lipinski definition) is 2. The van der Waals surface area contributed by atoms with Gasteiger partial charge in [0.2, 0.25) is 15.9 Å². The van der Waals surface area contributed by atoms with Crippen LogP contribution in [-0.4, -0.2) is 14.3 Å². The summed E-state index contributed by atoms with van der Waals surface area (Å²) < 4.78 is 28.0. The van der Waals surface area contributed by atoms with E-state index in [1.165, 1.54) is 5.56 Å². The minimum atomic E-state index is -3.63. The molecular formula is C25H28N2O3S. The number of aryl methyl sites for hydroxylation is 2. The van der Waals surface area contributed by atoms with Gasteiger partial charge in [0.25, 0.3) is 0 Å². The zero-order chi connectivity index (χ0) is 22.3. The van der Waals surface area contributed by atoms with Crippen molar-refractivity contribution in [1.82, 2.24) is 4.72 Å². The molecule has 0 fully saturated rings. The molecule has 0 heterocycles. The molecule has 31 heavy (non-hydrogen) atoms. The molecule has 1 amide bonds. The van der Waals surface area contributed by atoms with E-state index in [0.717, 1.165) is 23.2 Å². The molecule has 0 aliphatic carbocycles. The van der Waals surface area contributed by atoms with Crippen molar-refractivity contribution in [2.75, 3.05) is 5.32 Å². The predicted octanol–water partition coefficient (Wildman–Crippen LogP) is 4.86. The molecule has 0 aliphatic heterocycles. The third kappa shape index (κ3) is 6.51. The lowest BCUT2D eigenvalue weighted by atomic mass is 10.1. The summed E-state index contributed by atoms with van der Waals surface area (Å²) in [5.41, 5.74) is 3.81. The highest BCUT2D eigenvalue weighted by Gasteiger charge is 2.18. The molecule has 162 valence electrons. The molecule has 0 bridgehead atoms. The summed E-state index contributed by atoms with van der Waals surface area (Å²) in [6, 6.07) is 23.6. The molecular weight excluding hydrogens is 408 g/mol. The van der Waals surface area contributed by atoms with Crippen molar-refractivity contribution in [3.63, 3.8) is 0 Å². The minimum absolute atomic E-state index is 0.0701. The van der Waals surface area contributed by atoms with E-state index in [9.17, 15) is 13.2 Å². The molecule has 0 saturated heterocycles. The topological polar surface area (TPSA) is 75.3 Å². The van der Waals surface area contributed by atoms with Crippen molar-refractivity contribution in [2.45, 2.75) is 44.0 Å². The average Bonchev–Trinajstić information content (AvgIpc) is 2.79. The second kappa shape index (κ2) is 10.4. The summed E-state index contributed by atoms with van der Waals surface area (Å²) in [5, 5.41) is 2.89. The van der Waals surface area contributed by atoms with Crippen molar-refractivity contribution in [2.24, 2.45) is 0 Å². The third-order valence-electron chi connectivity index (χ3n) is 5.15. The van der Waals surface area contributed by atoms with Crippen LogP contribution in [0.1, 0.15) is 43.0 Å². The number of hydrogen-bond acceptors (Lipinski definition) is 3. The fraction of sp³-hybridized carbons (Fsp3) is 0.240. The van der Waals surface area contributed by atoms with Gasteiger partial charge in [0.1, 0.15) is 0 Å². The predicted molar refractivity (Wildman–Crippen MR) is 124 cm³/mol. The van der Waals surface area contributed by atoms with E-state index < -0.39 is 10.0 Å². The zero-order valence-electron chi connectivity index (χ0n) is 17.8. The number of carbonyl (C=O) groups excluding carboxylic acids is 1. The molecule has 3 aromatic rings. The maximum absolute atomic E-state index is 12.7. The minimum Gasteiger partial charge on any atom is -0.326 e. The van der Waals surface area contributed by atoms with Gasteiger partial charge in [-0.3, -0.25) is 4.79 Å². The Morgan fingerprint density at radius 2 is 1.48 bits per heavy atom. The Balaban J connectivity index is 1.54. The molecule has 0 aliphatic rings. The van der Waals surface area contributed by atoms with Crippen LogP contribution in [0.15, 0.2) is 83.8 Å². The molecule has 0 radical (unpaired) electrons. The van der Waals surface area contributed by atoms with Crippen LogP contribution in [0, 0.1) is 0 Å². The number of carbonyl (C=O) groups is 1. The number of rotatable bonds is 9. The molecule has 5 nitrogen and oxygen atoms in total. The first-order valence-electron chi connectivity index (χ1n) is 10.4. The lowest BCUT2D eigenvalue weighted by Gasteiger charge is -2.15. The molecule has 2 N–H and O–H groups in total. The van der Waals surface area contributed by atoms with Gasteiger partial charge in [0.15, 0.2) is 0 Å². The van der Waals surface area contributed by atoms with Crippen molar-refractivity contribution in [3.8, 4) is 0 Å². The van der Waals surface area contributed by atoms with E-state index in [4.69, 9.17) is 0 Å². The number of anilines is 1. The molecule has 0 aromatic heterocycles. The normalized spacial score (nSPS) is 12.3. The lowest BCUT2D eigenvalue weighted by Crippen LogP contribution is -2.26. The van der Waals surface area contributed by atoms with E-state index in [0.29, 0.717) is 12.8 Å². The Morgan fingerprint density at radius 1 is 0.871 bits per heavy atom. The van der Waals surface area contributed by atoms with Gasteiger partial charge in [-0.25, -0.2) is 13.1 Å². The Kier molecular flexibility index (Phi) is 7.60. The van der Waals surface area contributed by atoms with Crippen LogP contribution < -0.4 is 10.0 Å². The average molecular weight is 437 g/mol. The first kappa shape index (κ1) is 22.7. The molecule has 0 unspecified atom stereocenters. The first-order chi connectivity index (χ1) is 14.9. The van der Waals surface area contributed by atoms with Crippen LogP contribution in [0.5, 0.6) is 0 Å². The van der Waals surface area contributed by atoms with E-state index in [2.05, 4.69) is 17.0 Å². The molecule has 1 atom stereocenters. The van der Waals surface area contributed by atoms with Gasteiger partial charge in [-0.2, -0.15) is 0 Å². The lowest BCUT2D eigenvalue weighted by molar-refractivity contribution is -0.116. The van der Waals surface area contributed by atoms with Crippen LogP contribution in [0.25, 0.3) is 0 Å². The van der Waals surface area contributed by atoms with E-state index in [-0.39, 0.29) is 16.8 Å². The summed E-state index contributed by atoms with van der Waals surface area (Å²) in [4.78, 5) is 12.4. The van der Waals surface area contributed by atoms with Crippen LogP contribution in [-0.2, 0) is 27.7 Å². The maximum atomic E-state index is 12.7. The monoisotopic (exact) mass is 436 g/mol. The van der Waals surface area contributed by atoms with Gasteiger partial charge in [-0.1, -0.05) is 61.5 Å². The van der Waals surface area contributed by atoms with Gasteiger partial charge in [-0.15, -0.1) is 0 Å². The fourth-order valence-electron chi connectivity index (χ4n) is 3.25. The van der Waals surface area contributed by atoms with Crippen LogP contribution in [0.2, 0.25) is 0 Å². The highest BCUT2D eigenvalue weighted by atomic mass is 32.2. The second-order valence-corrected chi connectivity index (χ2v) is 9.21. The van der Waals surface area contributed by atoms with Crippen molar-refractivity contribution in [1.29, 1.82) is 0 Å². The highest BCUT2D eigenvalue weighted by molar-refractivity contribution is 7.89. The van der Waals surface area contributed by atoms with E-state index in [1.807, 2.05) is 61.5 Å². The smallest absolute Gasteiger partial charge is 0.241 e. The fourth-order valence-corrected chi connectivity index (χ4v) is 4.48. The summed E-state index contributed by atoms with van der Waals surface area (Å²) in [5.74, 6) is -0.0701. The zero-order valence-corrected chi connectivity index (χ0v) is 18.7. The van der Waals surface area contributed by atoms with E-state index in [1.54, 1.807) is 24.3 Å². The van der Waals surface area contributed by atoms with Gasteiger partial charge < -0.3 is 5.32 Å². The summed E-state index contributed by atoms with van der Waals surface area (Å²) in [6.45, 7) is 3.90. The first-order valence-corrected chi connectivity index (χ1v) is 11.9. The second-order valence-electron chi connectivity index (χ2n) is 7.50. The van der Waals surface area contributed by atoms with Gasteiger partial charge in [0.05, 0.1) is 4.90 Å². The highest BCUT2D eigenvalue weighted by Crippen LogP contribution is 2.18. The van der Waals surface area contributed by atoms with Crippen LogP contribution in [0.3, 0.4) is 0 Å². The van der Waals surface area contributed by atoms with Gasteiger partial charge in [-0.05, 0) is 60.7 Å². The number of nitrogens with one attached hydrogen (secondary N) is 2. The Bertz CT molecular complexity index is 1090. The SMILES string of the molecule is CCc1ccc(NC(=O)CCc2ccc(S(=O)(=O)N[C@H](C)c3ccccc3)cc2)cc1. The summed E-state index contributed by atoms with van der Waals surface area (Å²) in [7, 11) is -3.63. The van der Waals surface area contributed by atoms with Gasteiger partial charge >= 0.3 is 0 Å². The summed E-state index contributed by atoms with van der Waals surface area (Å²) >= 11 is 0. The van der Waals surface area contributed by atoms with Crippen LogP contribution >= 0.6 is 0 Å². The Morgan fingerprint density at radius 3 is 2.10 bits per heavy atom. The largest absolute Gasteiger partial charge is 0.326 e. The third-order valence-corrected chi connectivity index (χ3v) is 6.71. The molecule has 3 aromatic carbocycles. The molecule has 3 rings (SSSR count). The van der Waals surface area contributed by atoms with Crippen molar-refractivity contribution in [3.05, 3.63) is 95.6 Å². The molecule has 0 spiro atoms. The number of benzene rings is 3. The Labute approximate surface area is 184 Å². The van der Waals surface area contributed by atoms with Crippen LogP contribution in [0.4, 0.5) is 5.69 Å². The maximum Gasteiger partial charge on any atom is 0.241 e. The van der Waals surface area contributed by atoms with Gasteiger partial charge in [0, 0.05) is 18.2 Å². The van der Waals surface area contributed by atoms with E-state index >= 15 is 0 Å². The Hall–Kier alpha value is -2.96. The standard InChI is InChI=1S/C25H28N2O3S/c1-3-20-9-14-23(15-10-20)26-25(28)18-13-21-11-16-24(17-12-21)31(29,30)27-19(2)22-7-5-4-6-8-22/h4-12,14-17,19,27H,3,13,18H2,1-2H3,(H,26,28)/t19-/m1/s1. The molecule has 6 heteroatoms. The van der Waals surface area contributed by atoms with Crippen molar-refractivity contribution < 1.29 is 13.2 Å². The molecule has 0 saturated carbocycles. The quantitative estimate of drug-likeness (QED) is 0.503. The number of sulfonamides is 1. The number of amides is 1.